The lowest BCUT2D eigenvalue weighted by atomic mass is 10.1. The van der Waals surface area contributed by atoms with Gasteiger partial charge in [0.1, 0.15) is 5.82 Å². The highest BCUT2D eigenvalue weighted by Crippen LogP contribution is 2.30. The lowest BCUT2D eigenvalue weighted by molar-refractivity contribution is -0.137. The molecule has 0 spiro atoms. The van der Waals surface area contributed by atoms with E-state index in [1.54, 1.807) is 0 Å². The van der Waals surface area contributed by atoms with Gasteiger partial charge in [-0.1, -0.05) is 6.07 Å². The van der Waals surface area contributed by atoms with Crippen molar-refractivity contribution in [3.63, 3.8) is 0 Å². The SMILES string of the molecule is O=C(Nc1ccc(C(F)(F)F)cc1)c1c(F)cccc1Br. The fourth-order valence-corrected chi connectivity index (χ4v) is 2.17. The molecule has 0 unspecified atom stereocenters. The van der Waals surface area contributed by atoms with Crippen LogP contribution in [0.4, 0.5) is 23.2 Å². The van der Waals surface area contributed by atoms with Crippen LogP contribution >= 0.6 is 15.9 Å². The number of rotatable bonds is 2. The molecule has 0 saturated carbocycles. The van der Waals surface area contributed by atoms with E-state index in [0.29, 0.717) is 0 Å². The highest BCUT2D eigenvalue weighted by Gasteiger charge is 2.30. The summed E-state index contributed by atoms with van der Waals surface area (Å²) < 4.78 is 51.1. The standard InChI is InChI=1S/C14H8BrF4NO/c15-10-2-1-3-11(16)12(10)13(21)20-9-6-4-8(5-7-9)14(17,18)19/h1-7H,(H,20,21). The van der Waals surface area contributed by atoms with E-state index in [0.717, 1.165) is 30.3 Å². The van der Waals surface area contributed by atoms with Gasteiger partial charge in [0.2, 0.25) is 0 Å². The first kappa shape index (κ1) is 15.5. The van der Waals surface area contributed by atoms with Crippen LogP contribution in [-0.4, -0.2) is 5.91 Å². The summed E-state index contributed by atoms with van der Waals surface area (Å²) in [5.41, 5.74) is -0.895. The number of carbonyl (C=O) groups excluding carboxylic acids is 1. The number of benzene rings is 2. The van der Waals surface area contributed by atoms with Gasteiger partial charge in [-0.2, -0.15) is 13.2 Å². The predicted molar refractivity (Wildman–Crippen MR) is 73.5 cm³/mol. The Hall–Kier alpha value is -1.89. The lowest BCUT2D eigenvalue weighted by Gasteiger charge is -2.10. The number of hydrogen-bond donors (Lipinski definition) is 1. The van der Waals surface area contributed by atoms with E-state index >= 15 is 0 Å². The predicted octanol–water partition coefficient (Wildman–Crippen LogP) is 4.86. The summed E-state index contributed by atoms with van der Waals surface area (Å²) in [5.74, 6) is -1.48. The van der Waals surface area contributed by atoms with Gasteiger partial charge in [-0.25, -0.2) is 4.39 Å². The van der Waals surface area contributed by atoms with Crippen molar-refractivity contribution in [3.8, 4) is 0 Å². The fourth-order valence-electron chi connectivity index (χ4n) is 1.65. The van der Waals surface area contributed by atoms with E-state index in [2.05, 4.69) is 21.2 Å². The second-order valence-electron chi connectivity index (χ2n) is 4.13. The van der Waals surface area contributed by atoms with Crippen molar-refractivity contribution in [3.05, 3.63) is 63.9 Å². The van der Waals surface area contributed by atoms with Crippen LogP contribution in [0.1, 0.15) is 15.9 Å². The van der Waals surface area contributed by atoms with Crippen molar-refractivity contribution in [2.24, 2.45) is 0 Å². The van der Waals surface area contributed by atoms with Crippen molar-refractivity contribution in [2.45, 2.75) is 6.18 Å². The fraction of sp³-hybridized carbons (Fsp3) is 0.0714. The van der Waals surface area contributed by atoms with Crippen molar-refractivity contribution in [1.82, 2.24) is 0 Å². The molecule has 2 rings (SSSR count). The zero-order valence-corrected chi connectivity index (χ0v) is 11.9. The molecule has 0 aliphatic carbocycles. The Kier molecular flexibility index (Phi) is 4.32. The van der Waals surface area contributed by atoms with E-state index in [9.17, 15) is 22.4 Å². The van der Waals surface area contributed by atoms with Crippen LogP contribution in [0.25, 0.3) is 0 Å². The second kappa shape index (κ2) is 5.85. The first-order valence-electron chi connectivity index (χ1n) is 5.71. The minimum atomic E-state index is -4.45. The molecule has 0 bridgehead atoms. The monoisotopic (exact) mass is 361 g/mol. The molecular formula is C14H8BrF4NO. The highest BCUT2D eigenvalue weighted by molar-refractivity contribution is 9.10. The normalized spacial score (nSPS) is 11.3. The summed E-state index contributed by atoms with van der Waals surface area (Å²) in [6, 6.07) is 7.93. The first-order valence-corrected chi connectivity index (χ1v) is 6.51. The molecule has 0 saturated heterocycles. The smallest absolute Gasteiger partial charge is 0.322 e. The third-order valence-corrected chi connectivity index (χ3v) is 3.32. The van der Waals surface area contributed by atoms with E-state index in [4.69, 9.17) is 0 Å². The van der Waals surface area contributed by atoms with Crippen LogP contribution < -0.4 is 5.32 Å². The van der Waals surface area contributed by atoms with Crippen LogP contribution in [0.15, 0.2) is 46.9 Å². The van der Waals surface area contributed by atoms with Crippen LogP contribution in [-0.2, 0) is 6.18 Å². The minimum Gasteiger partial charge on any atom is -0.322 e. The van der Waals surface area contributed by atoms with Gasteiger partial charge in [0.15, 0.2) is 0 Å². The molecule has 0 atom stereocenters. The molecule has 21 heavy (non-hydrogen) atoms. The Bertz CT molecular complexity index is 647. The minimum absolute atomic E-state index is 0.142. The van der Waals surface area contributed by atoms with Crippen molar-refractivity contribution < 1.29 is 22.4 Å². The Morgan fingerprint density at radius 3 is 2.19 bits per heavy atom. The largest absolute Gasteiger partial charge is 0.416 e. The van der Waals surface area contributed by atoms with Gasteiger partial charge < -0.3 is 5.32 Å². The molecular weight excluding hydrogens is 354 g/mol. The summed E-state index contributed by atoms with van der Waals surface area (Å²) in [4.78, 5) is 11.9. The first-order chi connectivity index (χ1) is 9.79. The number of halogens is 5. The summed E-state index contributed by atoms with van der Waals surface area (Å²) in [6.45, 7) is 0. The Labute approximate surface area is 125 Å². The summed E-state index contributed by atoms with van der Waals surface area (Å²) >= 11 is 3.05. The third kappa shape index (κ3) is 3.60. The number of amides is 1. The molecule has 0 aromatic heterocycles. The molecule has 0 fully saturated rings. The van der Waals surface area contributed by atoms with Gasteiger partial charge in [0.25, 0.3) is 5.91 Å². The topological polar surface area (TPSA) is 29.1 Å². The van der Waals surface area contributed by atoms with Gasteiger partial charge in [-0.05, 0) is 52.3 Å². The third-order valence-electron chi connectivity index (χ3n) is 2.66. The number of nitrogens with one attached hydrogen (secondary N) is 1. The van der Waals surface area contributed by atoms with E-state index in [-0.39, 0.29) is 15.7 Å². The molecule has 7 heteroatoms. The summed E-state index contributed by atoms with van der Waals surface area (Å²) in [7, 11) is 0. The van der Waals surface area contributed by atoms with Gasteiger partial charge in [0, 0.05) is 10.2 Å². The van der Waals surface area contributed by atoms with Crippen molar-refractivity contribution in [1.29, 1.82) is 0 Å². The van der Waals surface area contributed by atoms with E-state index < -0.39 is 23.5 Å². The van der Waals surface area contributed by atoms with E-state index in [1.807, 2.05) is 0 Å². The van der Waals surface area contributed by atoms with Crippen molar-refractivity contribution in [2.75, 3.05) is 5.32 Å². The zero-order valence-electron chi connectivity index (χ0n) is 10.3. The Balaban J connectivity index is 2.21. The molecule has 2 nitrogen and oxygen atoms in total. The van der Waals surface area contributed by atoms with Crippen LogP contribution in [0.3, 0.4) is 0 Å². The lowest BCUT2D eigenvalue weighted by Crippen LogP contribution is -2.14. The second-order valence-corrected chi connectivity index (χ2v) is 4.98. The van der Waals surface area contributed by atoms with Gasteiger partial charge in [-0.3, -0.25) is 4.79 Å². The maximum absolute atomic E-state index is 13.6. The Morgan fingerprint density at radius 2 is 1.67 bits per heavy atom. The number of anilines is 1. The van der Waals surface area contributed by atoms with E-state index in [1.165, 1.54) is 12.1 Å². The zero-order chi connectivity index (χ0) is 15.6. The average Bonchev–Trinajstić information content (AvgIpc) is 2.38. The highest BCUT2D eigenvalue weighted by atomic mass is 79.9. The molecule has 1 N–H and O–H groups in total. The number of carbonyl (C=O) groups is 1. The molecule has 0 heterocycles. The van der Waals surface area contributed by atoms with Crippen LogP contribution in [0.5, 0.6) is 0 Å². The Morgan fingerprint density at radius 1 is 1.05 bits per heavy atom. The van der Waals surface area contributed by atoms with Crippen LogP contribution in [0.2, 0.25) is 0 Å². The molecule has 0 aliphatic rings. The number of hydrogen-bond acceptors (Lipinski definition) is 1. The number of alkyl halides is 3. The van der Waals surface area contributed by atoms with Gasteiger partial charge in [-0.15, -0.1) is 0 Å². The molecule has 2 aromatic carbocycles. The molecule has 0 aliphatic heterocycles. The van der Waals surface area contributed by atoms with Crippen LogP contribution in [0, 0.1) is 5.82 Å². The average molecular weight is 362 g/mol. The van der Waals surface area contributed by atoms with Gasteiger partial charge in [0.05, 0.1) is 11.1 Å². The summed E-state index contributed by atoms with van der Waals surface area (Å²) in [6.07, 6.45) is -4.45. The molecule has 0 radical (unpaired) electrons. The maximum Gasteiger partial charge on any atom is 0.416 e. The quantitative estimate of drug-likeness (QED) is 0.760. The maximum atomic E-state index is 13.6. The molecule has 1 amide bonds. The van der Waals surface area contributed by atoms with Gasteiger partial charge >= 0.3 is 6.18 Å². The molecule has 2 aromatic rings. The molecule has 110 valence electrons. The summed E-state index contributed by atoms with van der Waals surface area (Å²) in [5, 5.41) is 2.34. The van der Waals surface area contributed by atoms with Crippen molar-refractivity contribution >= 4 is 27.5 Å².